The van der Waals surface area contributed by atoms with Gasteiger partial charge in [0, 0.05) is 12.2 Å². The van der Waals surface area contributed by atoms with Crippen LogP contribution >= 0.6 is 0 Å². The molecular weight excluding hydrogens is 198 g/mol. The van der Waals surface area contributed by atoms with Crippen molar-refractivity contribution in [2.75, 3.05) is 0 Å². The van der Waals surface area contributed by atoms with E-state index >= 15 is 0 Å². The molecule has 0 aliphatic carbocycles. The van der Waals surface area contributed by atoms with Crippen molar-refractivity contribution in [2.24, 2.45) is 11.7 Å². The Morgan fingerprint density at radius 3 is 2.62 bits per heavy atom. The SMILES string of the molecule is Cc1nc2c(C)cccn2c1C(N)C(C)C. The molecule has 2 aromatic heterocycles. The third kappa shape index (κ3) is 1.61. The predicted octanol–water partition coefficient (Wildman–Crippen LogP) is 2.61. The monoisotopic (exact) mass is 217 g/mol. The molecule has 1 unspecified atom stereocenters. The van der Waals surface area contributed by atoms with E-state index in [1.807, 2.05) is 19.2 Å². The quantitative estimate of drug-likeness (QED) is 0.840. The van der Waals surface area contributed by atoms with E-state index in [-0.39, 0.29) is 6.04 Å². The largest absolute Gasteiger partial charge is 0.322 e. The van der Waals surface area contributed by atoms with Crippen LogP contribution in [-0.4, -0.2) is 9.38 Å². The number of aryl methyl sites for hydroxylation is 2. The van der Waals surface area contributed by atoms with Gasteiger partial charge in [0.25, 0.3) is 0 Å². The number of nitrogens with two attached hydrogens (primary N) is 1. The molecule has 0 radical (unpaired) electrons. The maximum Gasteiger partial charge on any atom is 0.140 e. The first-order valence-electron chi connectivity index (χ1n) is 5.72. The van der Waals surface area contributed by atoms with E-state index in [9.17, 15) is 0 Å². The number of nitrogens with zero attached hydrogens (tertiary/aromatic N) is 2. The molecule has 2 N–H and O–H groups in total. The fraction of sp³-hybridized carbons (Fsp3) is 0.462. The van der Waals surface area contributed by atoms with E-state index in [0.717, 1.165) is 17.0 Å². The molecule has 0 spiro atoms. The Kier molecular flexibility index (Phi) is 2.72. The second-order valence-electron chi connectivity index (χ2n) is 4.74. The maximum atomic E-state index is 6.24. The van der Waals surface area contributed by atoms with E-state index in [1.165, 1.54) is 5.56 Å². The zero-order valence-electron chi connectivity index (χ0n) is 10.4. The minimum Gasteiger partial charge on any atom is -0.322 e. The molecule has 1 atom stereocenters. The molecule has 3 nitrogen and oxygen atoms in total. The van der Waals surface area contributed by atoms with Gasteiger partial charge in [-0.2, -0.15) is 0 Å². The highest BCUT2D eigenvalue weighted by Gasteiger charge is 2.19. The fourth-order valence-corrected chi connectivity index (χ4v) is 2.05. The van der Waals surface area contributed by atoms with Gasteiger partial charge in [0.05, 0.1) is 11.4 Å². The molecule has 2 rings (SSSR count). The van der Waals surface area contributed by atoms with Gasteiger partial charge < -0.3 is 10.1 Å². The van der Waals surface area contributed by atoms with Crippen LogP contribution in [0.1, 0.15) is 36.8 Å². The Morgan fingerprint density at radius 1 is 1.31 bits per heavy atom. The van der Waals surface area contributed by atoms with Gasteiger partial charge in [-0.25, -0.2) is 4.98 Å². The number of rotatable bonds is 2. The maximum absolute atomic E-state index is 6.24. The van der Waals surface area contributed by atoms with Gasteiger partial charge >= 0.3 is 0 Å². The molecule has 0 saturated carbocycles. The molecule has 2 aromatic rings. The van der Waals surface area contributed by atoms with Crippen molar-refractivity contribution < 1.29 is 0 Å². The van der Waals surface area contributed by atoms with Gasteiger partial charge in [-0.1, -0.05) is 19.9 Å². The van der Waals surface area contributed by atoms with Crippen LogP contribution in [0.4, 0.5) is 0 Å². The number of imidazole rings is 1. The summed E-state index contributed by atoms with van der Waals surface area (Å²) in [6.45, 7) is 8.38. The first kappa shape index (κ1) is 11.1. The first-order valence-corrected chi connectivity index (χ1v) is 5.72. The molecule has 3 heteroatoms. The number of pyridine rings is 1. The van der Waals surface area contributed by atoms with Crippen LogP contribution in [-0.2, 0) is 0 Å². The summed E-state index contributed by atoms with van der Waals surface area (Å²) in [5, 5.41) is 0. The molecule has 0 saturated heterocycles. The second kappa shape index (κ2) is 3.91. The Labute approximate surface area is 96.3 Å². The number of hydrogen-bond donors (Lipinski definition) is 1. The minimum absolute atomic E-state index is 0.0387. The zero-order valence-corrected chi connectivity index (χ0v) is 10.4. The van der Waals surface area contributed by atoms with Gasteiger partial charge in [-0.3, -0.25) is 0 Å². The number of aromatic nitrogens is 2. The lowest BCUT2D eigenvalue weighted by Crippen LogP contribution is -2.19. The average molecular weight is 217 g/mol. The van der Waals surface area contributed by atoms with E-state index in [2.05, 4.69) is 36.2 Å². The molecular formula is C13H19N3. The van der Waals surface area contributed by atoms with Gasteiger partial charge in [0.1, 0.15) is 5.65 Å². The van der Waals surface area contributed by atoms with Crippen molar-refractivity contribution in [1.29, 1.82) is 0 Å². The van der Waals surface area contributed by atoms with E-state index in [0.29, 0.717) is 5.92 Å². The van der Waals surface area contributed by atoms with Crippen LogP contribution in [0.15, 0.2) is 18.3 Å². The van der Waals surface area contributed by atoms with Gasteiger partial charge in [0.15, 0.2) is 0 Å². The van der Waals surface area contributed by atoms with Crippen LogP contribution in [0.2, 0.25) is 0 Å². The summed E-state index contributed by atoms with van der Waals surface area (Å²) in [7, 11) is 0. The smallest absolute Gasteiger partial charge is 0.140 e. The van der Waals surface area contributed by atoms with E-state index < -0.39 is 0 Å². The van der Waals surface area contributed by atoms with Crippen molar-refractivity contribution in [2.45, 2.75) is 33.7 Å². The summed E-state index contributed by atoms with van der Waals surface area (Å²) in [4.78, 5) is 4.60. The Hall–Kier alpha value is -1.35. The van der Waals surface area contributed by atoms with Gasteiger partial charge in [0.2, 0.25) is 0 Å². The average Bonchev–Trinajstić information content (AvgIpc) is 2.55. The second-order valence-corrected chi connectivity index (χ2v) is 4.74. The standard InChI is InChI=1S/C13H19N3/c1-8(2)11(14)12-10(4)15-13-9(3)6-5-7-16(12)13/h5-8,11H,14H2,1-4H3. The van der Waals surface area contributed by atoms with Gasteiger partial charge in [-0.15, -0.1) is 0 Å². The van der Waals surface area contributed by atoms with E-state index in [4.69, 9.17) is 5.73 Å². The van der Waals surface area contributed by atoms with Crippen molar-refractivity contribution in [3.05, 3.63) is 35.3 Å². The highest BCUT2D eigenvalue weighted by Crippen LogP contribution is 2.24. The fourth-order valence-electron chi connectivity index (χ4n) is 2.05. The van der Waals surface area contributed by atoms with Crippen LogP contribution in [0.5, 0.6) is 0 Å². The summed E-state index contributed by atoms with van der Waals surface area (Å²) in [6.07, 6.45) is 2.04. The first-order chi connectivity index (χ1) is 7.52. The molecule has 0 bridgehead atoms. The van der Waals surface area contributed by atoms with Gasteiger partial charge in [-0.05, 0) is 31.4 Å². The highest BCUT2D eigenvalue weighted by molar-refractivity contribution is 5.50. The van der Waals surface area contributed by atoms with Crippen LogP contribution in [0, 0.1) is 19.8 Å². The molecule has 0 aliphatic heterocycles. The molecule has 0 aromatic carbocycles. The van der Waals surface area contributed by atoms with Crippen LogP contribution in [0.3, 0.4) is 0 Å². The van der Waals surface area contributed by atoms with Crippen molar-refractivity contribution in [3.8, 4) is 0 Å². The minimum atomic E-state index is 0.0387. The lowest BCUT2D eigenvalue weighted by atomic mass is 10.0. The summed E-state index contributed by atoms with van der Waals surface area (Å²) in [5.74, 6) is 0.416. The lowest BCUT2D eigenvalue weighted by molar-refractivity contribution is 0.498. The number of hydrogen-bond acceptors (Lipinski definition) is 2. The zero-order chi connectivity index (χ0) is 11.9. The molecule has 86 valence electrons. The predicted molar refractivity (Wildman–Crippen MR) is 66.4 cm³/mol. The number of fused-ring (bicyclic) bond motifs is 1. The summed E-state index contributed by atoms with van der Waals surface area (Å²) in [6, 6.07) is 4.16. The molecule has 2 heterocycles. The molecule has 0 aliphatic rings. The lowest BCUT2D eigenvalue weighted by Gasteiger charge is -2.16. The molecule has 16 heavy (non-hydrogen) atoms. The third-order valence-electron chi connectivity index (χ3n) is 3.10. The van der Waals surface area contributed by atoms with Crippen molar-refractivity contribution in [1.82, 2.24) is 9.38 Å². The van der Waals surface area contributed by atoms with E-state index in [1.54, 1.807) is 0 Å². The molecule has 0 amide bonds. The third-order valence-corrected chi connectivity index (χ3v) is 3.10. The van der Waals surface area contributed by atoms with Crippen LogP contribution in [0.25, 0.3) is 5.65 Å². The molecule has 0 fully saturated rings. The summed E-state index contributed by atoms with van der Waals surface area (Å²) >= 11 is 0. The normalized spacial score (nSPS) is 13.6. The Morgan fingerprint density at radius 2 is 2.00 bits per heavy atom. The van der Waals surface area contributed by atoms with Crippen LogP contribution < -0.4 is 5.73 Å². The summed E-state index contributed by atoms with van der Waals surface area (Å²) < 4.78 is 2.12. The highest BCUT2D eigenvalue weighted by atomic mass is 15.0. The summed E-state index contributed by atoms with van der Waals surface area (Å²) in [5.41, 5.74) is 10.6. The van der Waals surface area contributed by atoms with Crippen molar-refractivity contribution in [3.63, 3.8) is 0 Å². The van der Waals surface area contributed by atoms with Crippen molar-refractivity contribution >= 4 is 5.65 Å². The Bertz CT molecular complexity index is 511. The Balaban J connectivity index is 2.70. The topological polar surface area (TPSA) is 43.3 Å².